The van der Waals surface area contributed by atoms with Crippen molar-refractivity contribution in [1.82, 2.24) is 4.72 Å². The number of nitrogens with one attached hydrogen (secondary N) is 1. The van der Waals surface area contributed by atoms with Gasteiger partial charge in [0, 0.05) is 18.9 Å². The zero-order chi connectivity index (χ0) is 32.0. The summed E-state index contributed by atoms with van der Waals surface area (Å²) in [5.41, 5.74) is -1.19. The van der Waals surface area contributed by atoms with Crippen LogP contribution < -0.4 is 4.72 Å². The molecule has 0 amide bonds. The van der Waals surface area contributed by atoms with E-state index in [-0.39, 0.29) is 36.2 Å². The Bertz CT molecular complexity index is 1260. The Labute approximate surface area is 256 Å². The summed E-state index contributed by atoms with van der Waals surface area (Å²) in [6.45, 7) is 12.7. The summed E-state index contributed by atoms with van der Waals surface area (Å²) < 4.78 is 78.0. The van der Waals surface area contributed by atoms with Crippen molar-refractivity contribution in [3.8, 4) is 0 Å². The summed E-state index contributed by atoms with van der Waals surface area (Å²) in [7, 11) is -7.71. The zero-order valence-electron chi connectivity index (χ0n) is 26.2. The van der Waals surface area contributed by atoms with E-state index in [4.69, 9.17) is 13.1 Å². The van der Waals surface area contributed by atoms with Crippen LogP contribution in [0.25, 0.3) is 0 Å². The van der Waals surface area contributed by atoms with Crippen LogP contribution in [0.5, 0.6) is 0 Å². The maximum atomic E-state index is 13.0. The quantitative estimate of drug-likeness (QED) is 0.253. The summed E-state index contributed by atoms with van der Waals surface area (Å²) in [5, 5.41) is 34.8. The molecule has 14 heteroatoms. The fourth-order valence-corrected chi connectivity index (χ4v) is 11.8. The third-order valence-corrected chi connectivity index (χ3v) is 14.3. The minimum absolute atomic E-state index is 0.0366. The van der Waals surface area contributed by atoms with E-state index in [1.807, 2.05) is 6.92 Å². The predicted octanol–water partition coefficient (Wildman–Crippen LogP) is 1.90. The molecule has 0 aromatic carbocycles. The highest BCUT2D eigenvalue weighted by Crippen LogP contribution is 2.70. The van der Waals surface area contributed by atoms with Gasteiger partial charge in [-0.25, -0.2) is 4.18 Å². The van der Waals surface area contributed by atoms with E-state index in [9.17, 15) is 36.7 Å². The van der Waals surface area contributed by atoms with Crippen LogP contribution in [0.2, 0.25) is 0 Å². The van der Waals surface area contributed by atoms with E-state index < -0.39 is 85.9 Å². The molecule has 1 saturated heterocycles. The first-order valence-electron chi connectivity index (χ1n) is 15.7. The Balaban J connectivity index is 1.57. The highest BCUT2D eigenvalue weighted by molar-refractivity contribution is 7.84. The molecule has 5 rings (SSSR count). The minimum atomic E-state index is -4.85. The molecule has 0 bridgehead atoms. The van der Waals surface area contributed by atoms with Crippen molar-refractivity contribution in [2.75, 3.05) is 7.05 Å². The lowest BCUT2D eigenvalue weighted by molar-refractivity contribution is -0.253. The number of hydrogen-bond donors (Lipinski definition) is 5. The van der Waals surface area contributed by atoms with Crippen LogP contribution in [0.3, 0.4) is 0 Å². The molecule has 1 heterocycles. The normalized spacial score (nSPS) is 50.8. The van der Waals surface area contributed by atoms with Crippen LogP contribution in [0, 0.1) is 58.2 Å². The number of aliphatic hydroxyl groups excluding tert-OH is 3. The molecular weight excluding hydrogens is 602 g/mol. The van der Waals surface area contributed by atoms with E-state index in [1.54, 1.807) is 0 Å². The molecule has 4 saturated carbocycles. The van der Waals surface area contributed by atoms with Crippen LogP contribution in [0.1, 0.15) is 73.6 Å². The van der Waals surface area contributed by atoms with Gasteiger partial charge in [0.2, 0.25) is 0 Å². The van der Waals surface area contributed by atoms with Gasteiger partial charge in [-0.05, 0) is 78.4 Å². The Morgan fingerprint density at radius 1 is 0.884 bits per heavy atom. The third kappa shape index (κ3) is 5.53. The highest BCUT2D eigenvalue weighted by atomic mass is 32.3. The maximum absolute atomic E-state index is 13.0. The van der Waals surface area contributed by atoms with Gasteiger partial charge in [0.1, 0.15) is 12.2 Å². The number of rotatable bonds is 7. The minimum Gasteiger partial charge on any atom is -0.390 e. The lowest BCUT2D eigenvalue weighted by Crippen LogP contribution is -2.68. The topological polar surface area (TPSA) is 189 Å². The molecule has 0 spiro atoms. The Morgan fingerprint density at radius 2 is 1.51 bits per heavy atom. The molecule has 0 aromatic heterocycles. The van der Waals surface area contributed by atoms with Gasteiger partial charge in [-0.15, -0.1) is 0 Å². The summed E-state index contributed by atoms with van der Waals surface area (Å²) in [6, 6.07) is 0. The zero-order valence-corrected chi connectivity index (χ0v) is 27.8. The molecule has 16 atom stereocenters. The van der Waals surface area contributed by atoms with Gasteiger partial charge in [-0.2, -0.15) is 21.6 Å². The standard InChI is InChI=1S/C29H51NO11S2/c1-13(2)15(4)18-12-14(3)20-26(39-18)27(41-42(34,35)30-7)21-19-16(8-10-29(20,21)6)28(5)11-9-17(40-43(36,37)38)23(31)22(28)25(33)24(19)32/h13-27,30-33H,8-12H2,1-7H3,(H,36,37,38)/t14-,15+,16+,17-,18-,19-,20+,21-,22-,23+,24-,25+,26+,27+,28-,29-/m1/s1. The molecule has 0 aromatic rings. The summed E-state index contributed by atoms with van der Waals surface area (Å²) >= 11 is 0. The van der Waals surface area contributed by atoms with Crippen LogP contribution in [0.15, 0.2) is 0 Å². The first-order chi connectivity index (χ1) is 19.8. The lowest BCUT2D eigenvalue weighted by atomic mass is 9.42. The number of aliphatic hydroxyl groups is 3. The third-order valence-electron chi connectivity index (χ3n) is 12.8. The predicted molar refractivity (Wildman–Crippen MR) is 156 cm³/mol. The molecule has 0 radical (unpaired) electrons. The molecule has 0 unspecified atom stereocenters. The molecule has 5 N–H and O–H groups in total. The van der Waals surface area contributed by atoms with E-state index >= 15 is 0 Å². The first kappa shape index (κ1) is 33.9. The van der Waals surface area contributed by atoms with Crippen molar-refractivity contribution < 1.29 is 49.8 Å². The van der Waals surface area contributed by atoms with Gasteiger partial charge in [0.25, 0.3) is 0 Å². The van der Waals surface area contributed by atoms with E-state index in [0.717, 1.165) is 6.42 Å². The fourth-order valence-electron chi connectivity index (χ4n) is 10.6. The van der Waals surface area contributed by atoms with Gasteiger partial charge in [-0.1, -0.05) is 41.5 Å². The average molecular weight is 654 g/mol. The van der Waals surface area contributed by atoms with Gasteiger partial charge in [0.15, 0.2) is 0 Å². The number of hydrogen-bond acceptors (Lipinski definition) is 10. The molecule has 12 nitrogen and oxygen atoms in total. The lowest BCUT2D eigenvalue weighted by Gasteiger charge is -2.64. The SMILES string of the molecule is CNS(=O)(=O)O[C@@H]1[C@H]2O[C@@H]([C@@H](C)C(C)C)C[C@@H](C)[C@@H]2[C@@]2(C)CC[C@H]3[C@@H]([C@@H](O)[C@@H](O)[C@H]4[C@@H](O)[C@H](OS(=O)(=O)O)CC[C@@]43C)[C@H]12. The summed E-state index contributed by atoms with van der Waals surface area (Å²) in [4.78, 5) is 0. The molecule has 43 heavy (non-hydrogen) atoms. The van der Waals surface area contributed by atoms with E-state index in [0.29, 0.717) is 25.2 Å². The van der Waals surface area contributed by atoms with Crippen molar-refractivity contribution in [3.05, 3.63) is 0 Å². The Hall–Kier alpha value is -0.420. The van der Waals surface area contributed by atoms with Crippen LogP contribution >= 0.6 is 0 Å². The molecule has 1 aliphatic heterocycles. The first-order valence-corrected chi connectivity index (χ1v) is 18.5. The summed E-state index contributed by atoms with van der Waals surface area (Å²) in [5.74, 6) is -1.46. The molecule has 5 aliphatic rings. The van der Waals surface area contributed by atoms with Crippen molar-refractivity contribution in [2.24, 2.45) is 58.2 Å². The van der Waals surface area contributed by atoms with Crippen molar-refractivity contribution >= 4 is 20.7 Å². The number of ether oxygens (including phenoxy) is 1. The van der Waals surface area contributed by atoms with E-state index in [2.05, 4.69) is 39.3 Å². The van der Waals surface area contributed by atoms with Gasteiger partial charge in [0.05, 0.1) is 30.5 Å². The second-order valence-corrected chi connectivity index (χ2v) is 17.6. The molecule has 5 fully saturated rings. The van der Waals surface area contributed by atoms with Crippen molar-refractivity contribution in [2.45, 2.75) is 116 Å². The van der Waals surface area contributed by atoms with Crippen LogP contribution in [-0.4, -0.2) is 86.5 Å². The number of fused-ring (bicyclic) bond motifs is 7. The largest absolute Gasteiger partial charge is 0.397 e. The van der Waals surface area contributed by atoms with Crippen molar-refractivity contribution in [3.63, 3.8) is 0 Å². The molecule has 250 valence electrons. The van der Waals surface area contributed by atoms with Gasteiger partial charge in [-0.3, -0.25) is 8.74 Å². The second-order valence-electron chi connectivity index (χ2n) is 15.1. The van der Waals surface area contributed by atoms with Crippen LogP contribution in [0.4, 0.5) is 0 Å². The summed E-state index contributed by atoms with van der Waals surface area (Å²) in [6.07, 6.45) is -4.35. The Kier molecular flexibility index (Phi) is 8.98. The fraction of sp³-hybridized carbons (Fsp3) is 1.00. The van der Waals surface area contributed by atoms with E-state index in [1.165, 1.54) is 7.05 Å². The molecular formula is C29H51NO11S2. The Morgan fingerprint density at radius 3 is 2.09 bits per heavy atom. The average Bonchev–Trinajstić information content (AvgIpc) is 3.15. The van der Waals surface area contributed by atoms with Gasteiger partial charge >= 0.3 is 20.7 Å². The van der Waals surface area contributed by atoms with Gasteiger partial charge < -0.3 is 20.1 Å². The molecule has 4 aliphatic carbocycles. The maximum Gasteiger partial charge on any atom is 0.397 e. The highest BCUT2D eigenvalue weighted by Gasteiger charge is 2.72. The monoisotopic (exact) mass is 653 g/mol. The smallest absolute Gasteiger partial charge is 0.390 e. The van der Waals surface area contributed by atoms with Crippen molar-refractivity contribution in [1.29, 1.82) is 0 Å². The second kappa shape index (κ2) is 11.4. The van der Waals surface area contributed by atoms with Crippen LogP contribution in [-0.2, 0) is 33.8 Å².